The van der Waals surface area contributed by atoms with E-state index in [0.717, 1.165) is 4.47 Å². The maximum absolute atomic E-state index is 12.1. The number of halogens is 1. The van der Waals surface area contributed by atoms with Crippen molar-refractivity contribution in [2.45, 2.75) is 13.3 Å². The van der Waals surface area contributed by atoms with Crippen LogP contribution in [0.15, 0.2) is 22.7 Å². The van der Waals surface area contributed by atoms with E-state index >= 15 is 0 Å². The molecule has 96 valence electrons. The molecule has 2 amide bonds. The molecule has 0 saturated carbocycles. The van der Waals surface area contributed by atoms with E-state index in [-0.39, 0.29) is 24.3 Å². The smallest absolute Gasteiger partial charge is 0.261 e. The van der Waals surface area contributed by atoms with E-state index in [9.17, 15) is 9.59 Å². The van der Waals surface area contributed by atoms with Gasteiger partial charge in [-0.05, 0) is 30.5 Å². The summed E-state index contributed by atoms with van der Waals surface area (Å²) in [7, 11) is 0. The van der Waals surface area contributed by atoms with Crippen LogP contribution in [0.25, 0.3) is 0 Å². The lowest BCUT2D eigenvalue weighted by Gasteiger charge is -2.18. The van der Waals surface area contributed by atoms with Crippen molar-refractivity contribution >= 4 is 27.7 Å². The van der Waals surface area contributed by atoms with Gasteiger partial charge in [-0.25, -0.2) is 0 Å². The van der Waals surface area contributed by atoms with Crippen molar-refractivity contribution < 1.29 is 14.7 Å². The molecule has 1 heterocycles. The minimum Gasteiger partial charge on any atom is -0.396 e. The Balaban J connectivity index is 2.23. The first-order valence-electron chi connectivity index (χ1n) is 5.81. The van der Waals surface area contributed by atoms with Gasteiger partial charge in [0.15, 0.2) is 0 Å². The molecule has 0 saturated heterocycles. The number of rotatable bonds is 4. The van der Waals surface area contributed by atoms with E-state index in [1.807, 2.05) is 6.92 Å². The van der Waals surface area contributed by atoms with Crippen molar-refractivity contribution in [1.29, 1.82) is 0 Å². The molecule has 1 aromatic rings. The van der Waals surface area contributed by atoms with Gasteiger partial charge in [-0.2, -0.15) is 0 Å². The fourth-order valence-electron chi connectivity index (χ4n) is 2.05. The number of aliphatic hydroxyl groups is 1. The molecule has 0 radical (unpaired) electrons. The zero-order valence-electron chi connectivity index (χ0n) is 10.0. The van der Waals surface area contributed by atoms with E-state index < -0.39 is 0 Å². The summed E-state index contributed by atoms with van der Waals surface area (Å²) >= 11 is 3.29. The molecular weight excluding hydrogens is 298 g/mol. The summed E-state index contributed by atoms with van der Waals surface area (Å²) in [5, 5.41) is 8.86. The molecule has 0 bridgehead atoms. The number of amides is 2. The summed E-state index contributed by atoms with van der Waals surface area (Å²) in [5.74, 6) is -0.394. The molecule has 1 N–H and O–H groups in total. The summed E-state index contributed by atoms with van der Waals surface area (Å²) < 4.78 is 0.785. The quantitative estimate of drug-likeness (QED) is 0.866. The molecule has 0 spiro atoms. The highest BCUT2D eigenvalue weighted by Crippen LogP contribution is 2.26. The molecule has 1 unspecified atom stereocenters. The Kier molecular flexibility index (Phi) is 3.82. The summed E-state index contributed by atoms with van der Waals surface area (Å²) in [6, 6.07) is 5.09. The zero-order valence-corrected chi connectivity index (χ0v) is 11.6. The van der Waals surface area contributed by atoms with Crippen LogP contribution in [0.2, 0.25) is 0 Å². The third-order valence-electron chi connectivity index (χ3n) is 3.05. The molecule has 4 nitrogen and oxygen atoms in total. The second kappa shape index (κ2) is 5.20. The topological polar surface area (TPSA) is 57.6 Å². The highest BCUT2D eigenvalue weighted by molar-refractivity contribution is 9.10. The Hall–Kier alpha value is -1.20. The molecule has 18 heavy (non-hydrogen) atoms. The molecule has 1 aliphatic rings. The SMILES string of the molecule is CC(CCO)CN1C(=O)c2ccc(Br)cc2C1=O. The van der Waals surface area contributed by atoms with Crippen LogP contribution in [0.5, 0.6) is 0 Å². The second-order valence-corrected chi connectivity index (χ2v) is 5.44. The highest BCUT2D eigenvalue weighted by atomic mass is 79.9. The first kappa shape index (κ1) is 13.2. The van der Waals surface area contributed by atoms with Gasteiger partial charge in [0.2, 0.25) is 0 Å². The standard InChI is InChI=1S/C13H14BrNO3/c1-8(4-5-16)7-15-12(17)10-3-2-9(14)6-11(10)13(15)18/h2-3,6,8,16H,4-5,7H2,1H3. The van der Waals surface area contributed by atoms with Crippen LogP contribution in [0.1, 0.15) is 34.1 Å². The molecule has 1 aliphatic heterocycles. The van der Waals surface area contributed by atoms with Crippen molar-refractivity contribution in [3.63, 3.8) is 0 Å². The van der Waals surface area contributed by atoms with Crippen molar-refractivity contribution in [2.24, 2.45) is 5.92 Å². The Bertz CT molecular complexity index is 501. The fraction of sp³-hybridized carbons (Fsp3) is 0.385. The highest BCUT2D eigenvalue weighted by Gasteiger charge is 2.35. The van der Waals surface area contributed by atoms with Crippen LogP contribution >= 0.6 is 15.9 Å². The first-order valence-corrected chi connectivity index (χ1v) is 6.60. The van der Waals surface area contributed by atoms with E-state index in [1.165, 1.54) is 4.90 Å². The van der Waals surface area contributed by atoms with Crippen molar-refractivity contribution in [3.8, 4) is 0 Å². The van der Waals surface area contributed by atoms with Gasteiger partial charge in [-0.15, -0.1) is 0 Å². The Morgan fingerprint density at radius 1 is 1.28 bits per heavy atom. The van der Waals surface area contributed by atoms with Crippen molar-refractivity contribution in [3.05, 3.63) is 33.8 Å². The lowest BCUT2D eigenvalue weighted by Crippen LogP contribution is -2.34. The molecule has 1 aromatic carbocycles. The predicted octanol–water partition coefficient (Wildman–Crippen LogP) is 2.06. The van der Waals surface area contributed by atoms with Gasteiger partial charge in [0.1, 0.15) is 0 Å². The van der Waals surface area contributed by atoms with Gasteiger partial charge in [-0.3, -0.25) is 14.5 Å². The maximum Gasteiger partial charge on any atom is 0.261 e. The monoisotopic (exact) mass is 311 g/mol. The van der Waals surface area contributed by atoms with Crippen LogP contribution in [-0.4, -0.2) is 35.0 Å². The number of carbonyl (C=O) groups excluding carboxylic acids is 2. The van der Waals surface area contributed by atoms with Gasteiger partial charge < -0.3 is 5.11 Å². The van der Waals surface area contributed by atoms with Crippen LogP contribution in [0.4, 0.5) is 0 Å². The first-order chi connectivity index (χ1) is 8.54. The number of hydrogen-bond acceptors (Lipinski definition) is 3. The Morgan fingerprint density at radius 2 is 1.94 bits per heavy atom. The number of carbonyl (C=O) groups is 2. The van der Waals surface area contributed by atoms with E-state index in [1.54, 1.807) is 18.2 Å². The predicted molar refractivity (Wildman–Crippen MR) is 70.4 cm³/mol. The summed E-state index contributed by atoms with van der Waals surface area (Å²) in [6.07, 6.45) is 0.580. The summed E-state index contributed by atoms with van der Waals surface area (Å²) in [5.41, 5.74) is 0.907. The lowest BCUT2D eigenvalue weighted by molar-refractivity contribution is 0.0624. The van der Waals surface area contributed by atoms with Gasteiger partial charge in [0.25, 0.3) is 11.8 Å². The normalized spacial score (nSPS) is 16.1. The average Bonchev–Trinajstić information content (AvgIpc) is 2.55. The number of hydrogen-bond donors (Lipinski definition) is 1. The summed E-state index contributed by atoms with van der Waals surface area (Å²) in [4.78, 5) is 25.5. The third-order valence-corrected chi connectivity index (χ3v) is 3.54. The Labute approximate surface area is 114 Å². The van der Waals surface area contributed by atoms with Gasteiger partial charge in [0, 0.05) is 17.6 Å². The maximum atomic E-state index is 12.1. The molecule has 5 heteroatoms. The van der Waals surface area contributed by atoms with E-state index in [4.69, 9.17) is 5.11 Å². The number of benzene rings is 1. The minimum absolute atomic E-state index is 0.0654. The minimum atomic E-state index is -0.249. The molecule has 0 aliphatic carbocycles. The molecular formula is C13H14BrNO3. The molecule has 0 aromatic heterocycles. The number of fused-ring (bicyclic) bond motifs is 1. The van der Waals surface area contributed by atoms with Crippen LogP contribution < -0.4 is 0 Å². The van der Waals surface area contributed by atoms with Gasteiger partial charge >= 0.3 is 0 Å². The molecule has 2 rings (SSSR count). The molecule has 0 fully saturated rings. The van der Waals surface area contributed by atoms with Gasteiger partial charge in [-0.1, -0.05) is 22.9 Å². The van der Waals surface area contributed by atoms with Crippen LogP contribution in [0.3, 0.4) is 0 Å². The number of imide groups is 1. The summed E-state index contributed by atoms with van der Waals surface area (Å²) in [6.45, 7) is 2.33. The van der Waals surface area contributed by atoms with Crippen molar-refractivity contribution in [2.75, 3.05) is 13.2 Å². The van der Waals surface area contributed by atoms with E-state index in [2.05, 4.69) is 15.9 Å². The van der Waals surface area contributed by atoms with Crippen LogP contribution in [0, 0.1) is 5.92 Å². The third kappa shape index (κ3) is 2.33. The Morgan fingerprint density at radius 3 is 2.61 bits per heavy atom. The number of aliphatic hydroxyl groups excluding tert-OH is 1. The molecule has 1 atom stereocenters. The zero-order chi connectivity index (χ0) is 13.3. The lowest BCUT2D eigenvalue weighted by atomic mass is 10.1. The van der Waals surface area contributed by atoms with Crippen molar-refractivity contribution in [1.82, 2.24) is 4.90 Å². The number of nitrogens with zero attached hydrogens (tertiary/aromatic N) is 1. The average molecular weight is 312 g/mol. The second-order valence-electron chi connectivity index (χ2n) is 4.53. The largest absolute Gasteiger partial charge is 0.396 e. The van der Waals surface area contributed by atoms with E-state index in [0.29, 0.717) is 24.1 Å². The van der Waals surface area contributed by atoms with Gasteiger partial charge in [0.05, 0.1) is 11.1 Å². The fourth-order valence-corrected chi connectivity index (χ4v) is 2.41. The van der Waals surface area contributed by atoms with Crippen LogP contribution in [-0.2, 0) is 0 Å².